The molecule has 0 spiro atoms. The fourth-order valence-corrected chi connectivity index (χ4v) is 1.97. The van der Waals surface area contributed by atoms with E-state index in [1.807, 2.05) is 25.1 Å². The Labute approximate surface area is 117 Å². The molecule has 0 saturated carbocycles. The van der Waals surface area contributed by atoms with Gasteiger partial charge in [-0.2, -0.15) is 0 Å². The fraction of sp³-hybridized carbons (Fsp3) is 0.188. The van der Waals surface area contributed by atoms with E-state index in [2.05, 4.69) is 5.32 Å². The van der Waals surface area contributed by atoms with Gasteiger partial charge in [0.05, 0.1) is 13.5 Å². The Morgan fingerprint density at radius 3 is 2.50 bits per heavy atom. The first-order chi connectivity index (χ1) is 9.58. The summed E-state index contributed by atoms with van der Waals surface area (Å²) in [6, 6.07) is 11.3. The van der Waals surface area contributed by atoms with Crippen molar-refractivity contribution in [1.29, 1.82) is 0 Å². The van der Waals surface area contributed by atoms with Crippen molar-refractivity contribution in [3.05, 3.63) is 59.4 Å². The monoisotopic (exact) mass is 273 g/mol. The molecule has 2 aromatic carbocycles. The van der Waals surface area contributed by atoms with Crippen molar-refractivity contribution in [2.45, 2.75) is 13.3 Å². The highest BCUT2D eigenvalue weighted by atomic mass is 19.1. The summed E-state index contributed by atoms with van der Waals surface area (Å²) in [4.78, 5) is 11.9. The second-order valence-electron chi connectivity index (χ2n) is 4.54. The van der Waals surface area contributed by atoms with E-state index in [-0.39, 0.29) is 18.1 Å². The third kappa shape index (κ3) is 3.57. The van der Waals surface area contributed by atoms with Crippen LogP contribution in [0.4, 0.5) is 10.1 Å². The van der Waals surface area contributed by atoms with Crippen LogP contribution in [-0.2, 0) is 11.2 Å². The van der Waals surface area contributed by atoms with Crippen LogP contribution in [0, 0.1) is 12.7 Å². The van der Waals surface area contributed by atoms with Gasteiger partial charge in [0.25, 0.3) is 0 Å². The lowest BCUT2D eigenvalue weighted by atomic mass is 10.1. The predicted octanol–water partition coefficient (Wildman–Crippen LogP) is 3.32. The zero-order chi connectivity index (χ0) is 14.5. The summed E-state index contributed by atoms with van der Waals surface area (Å²) in [6.45, 7) is 1.93. The van der Waals surface area contributed by atoms with Crippen LogP contribution >= 0.6 is 0 Å². The molecule has 0 aliphatic carbocycles. The Morgan fingerprint density at radius 1 is 1.20 bits per heavy atom. The minimum absolute atomic E-state index is 0.138. The summed E-state index contributed by atoms with van der Waals surface area (Å²) in [5.74, 6) is 0.336. The molecule has 4 heteroatoms. The number of hydrogen-bond acceptors (Lipinski definition) is 2. The van der Waals surface area contributed by atoms with Crippen LogP contribution in [0.3, 0.4) is 0 Å². The van der Waals surface area contributed by atoms with E-state index >= 15 is 0 Å². The lowest BCUT2D eigenvalue weighted by Crippen LogP contribution is -2.14. The van der Waals surface area contributed by atoms with Crippen LogP contribution < -0.4 is 10.1 Å². The first-order valence-corrected chi connectivity index (χ1v) is 6.27. The normalized spacial score (nSPS) is 10.2. The van der Waals surface area contributed by atoms with Crippen LogP contribution in [0.2, 0.25) is 0 Å². The summed E-state index contributed by atoms with van der Waals surface area (Å²) < 4.78 is 17.9. The molecule has 2 aromatic rings. The molecule has 1 N–H and O–H groups in total. The van der Waals surface area contributed by atoms with Crippen molar-refractivity contribution >= 4 is 11.6 Å². The maximum Gasteiger partial charge on any atom is 0.228 e. The number of rotatable bonds is 4. The van der Waals surface area contributed by atoms with Gasteiger partial charge in [0.15, 0.2) is 0 Å². The zero-order valence-corrected chi connectivity index (χ0v) is 11.4. The molecule has 0 aliphatic heterocycles. The van der Waals surface area contributed by atoms with Gasteiger partial charge in [0, 0.05) is 5.69 Å². The minimum atomic E-state index is -0.325. The summed E-state index contributed by atoms with van der Waals surface area (Å²) in [5.41, 5.74) is 2.48. The molecule has 104 valence electrons. The number of benzene rings is 2. The lowest BCUT2D eigenvalue weighted by Gasteiger charge is -2.08. The van der Waals surface area contributed by atoms with Crippen LogP contribution in [0.1, 0.15) is 11.1 Å². The molecule has 0 fully saturated rings. The highest BCUT2D eigenvalue weighted by Crippen LogP contribution is 2.19. The number of methoxy groups -OCH3 is 1. The van der Waals surface area contributed by atoms with Crippen molar-refractivity contribution < 1.29 is 13.9 Å². The standard InChI is InChI=1S/C16H16FNO2/c1-11-9-12(3-8-15(11)20-2)10-16(19)18-14-6-4-13(17)5-7-14/h3-9H,10H2,1-2H3,(H,18,19). The van der Waals surface area contributed by atoms with Gasteiger partial charge in [-0.3, -0.25) is 4.79 Å². The maximum atomic E-state index is 12.8. The number of anilines is 1. The number of carbonyl (C=O) groups excluding carboxylic acids is 1. The summed E-state index contributed by atoms with van der Waals surface area (Å²) in [7, 11) is 1.61. The predicted molar refractivity (Wildman–Crippen MR) is 76.5 cm³/mol. The molecule has 2 rings (SSSR count). The van der Waals surface area contributed by atoms with Gasteiger partial charge in [0.1, 0.15) is 11.6 Å². The van der Waals surface area contributed by atoms with Crippen LogP contribution in [0.5, 0.6) is 5.75 Å². The average molecular weight is 273 g/mol. The van der Waals surface area contributed by atoms with E-state index in [4.69, 9.17) is 4.74 Å². The van der Waals surface area contributed by atoms with Crippen LogP contribution in [-0.4, -0.2) is 13.0 Å². The number of ether oxygens (including phenoxy) is 1. The van der Waals surface area contributed by atoms with E-state index in [1.165, 1.54) is 24.3 Å². The molecule has 0 atom stereocenters. The largest absolute Gasteiger partial charge is 0.496 e. The molecule has 1 amide bonds. The smallest absolute Gasteiger partial charge is 0.228 e. The molecule has 0 radical (unpaired) electrons. The topological polar surface area (TPSA) is 38.3 Å². The number of amides is 1. The highest BCUT2D eigenvalue weighted by molar-refractivity contribution is 5.92. The van der Waals surface area contributed by atoms with Gasteiger partial charge in [-0.05, 0) is 48.4 Å². The number of halogens is 1. The average Bonchev–Trinajstić information content (AvgIpc) is 2.41. The fourth-order valence-electron chi connectivity index (χ4n) is 1.97. The van der Waals surface area contributed by atoms with Crippen molar-refractivity contribution in [2.24, 2.45) is 0 Å². The molecule has 0 heterocycles. The third-order valence-corrected chi connectivity index (χ3v) is 2.95. The quantitative estimate of drug-likeness (QED) is 0.928. The molecule has 20 heavy (non-hydrogen) atoms. The molecule has 0 aromatic heterocycles. The summed E-state index contributed by atoms with van der Waals surface area (Å²) in [5, 5.41) is 2.73. The van der Waals surface area contributed by atoms with Crippen molar-refractivity contribution in [3.8, 4) is 5.75 Å². The zero-order valence-electron chi connectivity index (χ0n) is 11.4. The number of carbonyl (C=O) groups is 1. The molecular weight excluding hydrogens is 257 g/mol. The Hall–Kier alpha value is -2.36. The van der Waals surface area contributed by atoms with Gasteiger partial charge in [-0.15, -0.1) is 0 Å². The SMILES string of the molecule is COc1ccc(CC(=O)Nc2ccc(F)cc2)cc1C. The Bertz CT molecular complexity index is 608. The molecule has 0 unspecified atom stereocenters. The first-order valence-electron chi connectivity index (χ1n) is 6.27. The Kier molecular flexibility index (Phi) is 4.35. The molecular formula is C16H16FNO2. The maximum absolute atomic E-state index is 12.8. The van der Waals surface area contributed by atoms with Crippen LogP contribution in [0.15, 0.2) is 42.5 Å². The molecule has 0 bridgehead atoms. The van der Waals surface area contributed by atoms with Crippen molar-refractivity contribution in [3.63, 3.8) is 0 Å². The molecule has 3 nitrogen and oxygen atoms in total. The Morgan fingerprint density at radius 2 is 1.90 bits per heavy atom. The summed E-state index contributed by atoms with van der Waals surface area (Å²) in [6.07, 6.45) is 0.266. The lowest BCUT2D eigenvalue weighted by molar-refractivity contribution is -0.115. The molecule has 0 saturated heterocycles. The van der Waals surface area contributed by atoms with E-state index in [9.17, 15) is 9.18 Å². The number of aryl methyl sites for hydroxylation is 1. The van der Waals surface area contributed by atoms with E-state index in [1.54, 1.807) is 7.11 Å². The summed E-state index contributed by atoms with van der Waals surface area (Å²) >= 11 is 0. The molecule has 0 aliphatic rings. The van der Waals surface area contributed by atoms with Gasteiger partial charge in [-0.1, -0.05) is 12.1 Å². The van der Waals surface area contributed by atoms with Crippen molar-refractivity contribution in [1.82, 2.24) is 0 Å². The van der Waals surface area contributed by atoms with Gasteiger partial charge in [0.2, 0.25) is 5.91 Å². The van der Waals surface area contributed by atoms with Gasteiger partial charge in [-0.25, -0.2) is 4.39 Å². The van der Waals surface area contributed by atoms with E-state index < -0.39 is 0 Å². The Balaban J connectivity index is 2.01. The van der Waals surface area contributed by atoms with Crippen molar-refractivity contribution in [2.75, 3.05) is 12.4 Å². The second kappa shape index (κ2) is 6.19. The van der Waals surface area contributed by atoms with Crippen LogP contribution in [0.25, 0.3) is 0 Å². The third-order valence-electron chi connectivity index (χ3n) is 2.95. The highest BCUT2D eigenvalue weighted by Gasteiger charge is 2.06. The first kappa shape index (κ1) is 14.1. The number of nitrogens with one attached hydrogen (secondary N) is 1. The van der Waals surface area contributed by atoms with Gasteiger partial charge >= 0.3 is 0 Å². The van der Waals surface area contributed by atoms with E-state index in [0.29, 0.717) is 5.69 Å². The second-order valence-corrected chi connectivity index (χ2v) is 4.54. The van der Waals surface area contributed by atoms with E-state index in [0.717, 1.165) is 16.9 Å². The minimum Gasteiger partial charge on any atom is -0.496 e. The number of hydrogen-bond donors (Lipinski definition) is 1. The van der Waals surface area contributed by atoms with Gasteiger partial charge < -0.3 is 10.1 Å².